The average Bonchev–Trinajstić information content (AvgIpc) is 2.90. The predicted molar refractivity (Wildman–Crippen MR) is 76.9 cm³/mol. The Hall–Kier alpha value is -2.75. The summed E-state index contributed by atoms with van der Waals surface area (Å²) in [4.78, 5) is 12.0. The summed E-state index contributed by atoms with van der Waals surface area (Å²) in [7, 11) is 0. The Bertz CT molecular complexity index is 711. The molecule has 4 nitrogen and oxygen atoms in total. The van der Waals surface area contributed by atoms with Crippen LogP contribution in [0.25, 0.3) is 11.0 Å². The molecule has 0 spiro atoms. The summed E-state index contributed by atoms with van der Waals surface area (Å²) >= 11 is 0. The topological polar surface area (TPSA) is 65.5 Å². The smallest absolute Gasteiger partial charge is 0.235 e. The molecule has 0 bridgehead atoms. The maximum atomic E-state index is 12.0. The summed E-state index contributed by atoms with van der Waals surface area (Å²) in [5, 5.41) is 0.906. The van der Waals surface area contributed by atoms with Gasteiger partial charge in [-0.05, 0) is 36.4 Å². The van der Waals surface area contributed by atoms with E-state index in [9.17, 15) is 4.79 Å². The Morgan fingerprint density at radius 2 is 1.85 bits per heavy atom. The summed E-state index contributed by atoms with van der Waals surface area (Å²) in [6, 6.07) is 16.1. The van der Waals surface area contributed by atoms with E-state index in [1.165, 1.54) is 0 Å². The number of nitrogen functional groups attached to an aromatic ring is 1. The first-order valence-corrected chi connectivity index (χ1v) is 6.22. The van der Waals surface area contributed by atoms with Crippen LogP contribution in [-0.4, -0.2) is 12.4 Å². The summed E-state index contributed by atoms with van der Waals surface area (Å²) < 4.78 is 10.9. The first kappa shape index (κ1) is 12.3. The van der Waals surface area contributed by atoms with Gasteiger partial charge in [0, 0.05) is 11.1 Å². The number of ketones is 1. The molecule has 1 heterocycles. The quantitative estimate of drug-likeness (QED) is 0.582. The van der Waals surface area contributed by atoms with Crippen LogP contribution in [0, 0.1) is 0 Å². The molecule has 0 atom stereocenters. The van der Waals surface area contributed by atoms with Gasteiger partial charge in [-0.2, -0.15) is 0 Å². The molecule has 0 saturated carbocycles. The van der Waals surface area contributed by atoms with Gasteiger partial charge in [-0.25, -0.2) is 0 Å². The van der Waals surface area contributed by atoms with Crippen LogP contribution in [0.3, 0.4) is 0 Å². The predicted octanol–water partition coefficient (Wildman–Crippen LogP) is 3.28. The van der Waals surface area contributed by atoms with E-state index in [4.69, 9.17) is 14.9 Å². The number of carbonyl (C=O) groups excluding carboxylic acids is 1. The van der Waals surface area contributed by atoms with Gasteiger partial charge in [0.25, 0.3) is 0 Å². The molecule has 3 aromatic rings. The number of ether oxygens (including phenoxy) is 1. The van der Waals surface area contributed by atoms with Crippen molar-refractivity contribution in [2.24, 2.45) is 0 Å². The van der Waals surface area contributed by atoms with Crippen LogP contribution < -0.4 is 10.5 Å². The summed E-state index contributed by atoms with van der Waals surface area (Å²) in [5.74, 6) is 0.711. The molecule has 20 heavy (non-hydrogen) atoms. The van der Waals surface area contributed by atoms with Crippen molar-refractivity contribution in [3.8, 4) is 5.75 Å². The maximum Gasteiger partial charge on any atom is 0.235 e. The van der Waals surface area contributed by atoms with E-state index in [0.717, 1.165) is 5.39 Å². The van der Waals surface area contributed by atoms with E-state index < -0.39 is 0 Å². The zero-order valence-electron chi connectivity index (χ0n) is 10.7. The lowest BCUT2D eigenvalue weighted by molar-refractivity contribution is 0.0896. The lowest BCUT2D eigenvalue weighted by Crippen LogP contribution is -2.10. The lowest BCUT2D eigenvalue weighted by atomic mass is 10.2. The number of hydrogen-bond acceptors (Lipinski definition) is 4. The van der Waals surface area contributed by atoms with Gasteiger partial charge in [-0.3, -0.25) is 4.79 Å². The Labute approximate surface area is 115 Å². The number of benzene rings is 2. The fourth-order valence-electron chi connectivity index (χ4n) is 1.90. The zero-order chi connectivity index (χ0) is 13.9. The molecule has 2 aromatic carbocycles. The second-order valence-corrected chi connectivity index (χ2v) is 4.43. The van der Waals surface area contributed by atoms with Gasteiger partial charge >= 0.3 is 0 Å². The van der Waals surface area contributed by atoms with Crippen LogP contribution in [0.4, 0.5) is 5.69 Å². The van der Waals surface area contributed by atoms with Gasteiger partial charge in [-0.1, -0.05) is 18.2 Å². The number of carbonyl (C=O) groups is 1. The molecule has 0 radical (unpaired) electrons. The molecule has 4 heteroatoms. The number of para-hydroxylation sites is 1. The molecule has 0 aliphatic carbocycles. The number of anilines is 1. The number of nitrogens with two attached hydrogens (primary N) is 1. The van der Waals surface area contributed by atoms with Crippen LogP contribution >= 0.6 is 0 Å². The van der Waals surface area contributed by atoms with Crippen LogP contribution in [0.15, 0.2) is 59.0 Å². The molecule has 1 aromatic heterocycles. The number of fused-ring (bicyclic) bond motifs is 1. The van der Waals surface area contributed by atoms with E-state index in [2.05, 4.69) is 0 Å². The average molecular weight is 267 g/mol. The normalized spacial score (nSPS) is 10.6. The minimum atomic E-state index is -0.196. The first-order chi connectivity index (χ1) is 9.72. The molecule has 0 fully saturated rings. The van der Waals surface area contributed by atoms with Crippen molar-refractivity contribution in [2.45, 2.75) is 0 Å². The van der Waals surface area contributed by atoms with Crippen molar-refractivity contribution in [1.29, 1.82) is 0 Å². The Kier molecular flexibility index (Phi) is 3.13. The molecule has 0 saturated heterocycles. The highest BCUT2D eigenvalue weighted by molar-refractivity contribution is 5.98. The molecule has 0 aliphatic rings. The van der Waals surface area contributed by atoms with E-state index in [1.54, 1.807) is 30.3 Å². The fourth-order valence-corrected chi connectivity index (χ4v) is 1.90. The molecule has 0 aliphatic heterocycles. The van der Waals surface area contributed by atoms with E-state index in [-0.39, 0.29) is 12.4 Å². The zero-order valence-corrected chi connectivity index (χ0v) is 10.7. The SMILES string of the molecule is Nc1ccc(OCC(=O)c2cc3ccccc3o2)cc1. The maximum absolute atomic E-state index is 12.0. The summed E-state index contributed by atoms with van der Waals surface area (Å²) in [6.45, 7) is -0.0657. The third-order valence-corrected chi connectivity index (χ3v) is 2.95. The lowest BCUT2D eigenvalue weighted by Gasteiger charge is -2.04. The summed E-state index contributed by atoms with van der Waals surface area (Å²) in [5.41, 5.74) is 6.93. The largest absolute Gasteiger partial charge is 0.485 e. The Morgan fingerprint density at radius 1 is 1.10 bits per heavy atom. The number of furan rings is 1. The molecule has 0 unspecified atom stereocenters. The van der Waals surface area contributed by atoms with Gasteiger partial charge in [0.1, 0.15) is 11.3 Å². The van der Waals surface area contributed by atoms with Gasteiger partial charge in [0.2, 0.25) is 5.78 Å². The minimum Gasteiger partial charge on any atom is -0.485 e. The molecule has 0 amide bonds. The monoisotopic (exact) mass is 267 g/mol. The van der Waals surface area contributed by atoms with Crippen molar-refractivity contribution in [2.75, 3.05) is 12.3 Å². The molecule has 100 valence electrons. The first-order valence-electron chi connectivity index (χ1n) is 6.22. The minimum absolute atomic E-state index is 0.0657. The standard InChI is InChI=1S/C16H13NO3/c17-12-5-7-13(8-6-12)19-10-14(18)16-9-11-3-1-2-4-15(11)20-16/h1-9H,10,17H2. The third kappa shape index (κ3) is 2.49. The van der Waals surface area contributed by atoms with Crippen LogP contribution in [0.5, 0.6) is 5.75 Å². The van der Waals surface area contributed by atoms with Gasteiger partial charge < -0.3 is 14.9 Å². The van der Waals surface area contributed by atoms with Gasteiger partial charge in [0.05, 0.1) is 0 Å². The van der Waals surface area contributed by atoms with Crippen LogP contribution in [0.2, 0.25) is 0 Å². The van der Waals surface area contributed by atoms with Crippen molar-refractivity contribution >= 4 is 22.4 Å². The molecule has 2 N–H and O–H groups in total. The van der Waals surface area contributed by atoms with Crippen LogP contribution in [0.1, 0.15) is 10.6 Å². The fraction of sp³-hybridized carbons (Fsp3) is 0.0625. The second-order valence-electron chi connectivity index (χ2n) is 4.43. The second kappa shape index (κ2) is 5.09. The molecular formula is C16H13NO3. The number of Topliss-reactive ketones (excluding diaryl/α,β-unsaturated/α-hetero) is 1. The van der Waals surface area contributed by atoms with Crippen molar-refractivity contribution in [3.63, 3.8) is 0 Å². The van der Waals surface area contributed by atoms with Gasteiger partial charge in [-0.15, -0.1) is 0 Å². The number of hydrogen-bond donors (Lipinski definition) is 1. The van der Waals surface area contributed by atoms with Crippen molar-refractivity contribution < 1.29 is 13.9 Å². The molecule has 3 rings (SSSR count). The van der Waals surface area contributed by atoms with Crippen LogP contribution in [-0.2, 0) is 0 Å². The molecular weight excluding hydrogens is 254 g/mol. The Balaban J connectivity index is 1.71. The van der Waals surface area contributed by atoms with Gasteiger partial charge in [0.15, 0.2) is 12.4 Å². The van der Waals surface area contributed by atoms with E-state index in [0.29, 0.717) is 22.8 Å². The number of rotatable bonds is 4. The van der Waals surface area contributed by atoms with E-state index >= 15 is 0 Å². The van der Waals surface area contributed by atoms with Crippen molar-refractivity contribution in [1.82, 2.24) is 0 Å². The van der Waals surface area contributed by atoms with E-state index in [1.807, 2.05) is 24.3 Å². The highest BCUT2D eigenvalue weighted by atomic mass is 16.5. The Morgan fingerprint density at radius 3 is 2.60 bits per heavy atom. The third-order valence-electron chi connectivity index (χ3n) is 2.95. The highest BCUT2D eigenvalue weighted by Crippen LogP contribution is 2.19. The summed E-state index contributed by atoms with van der Waals surface area (Å²) in [6.07, 6.45) is 0. The van der Waals surface area contributed by atoms with Crippen molar-refractivity contribution in [3.05, 3.63) is 60.4 Å². The highest BCUT2D eigenvalue weighted by Gasteiger charge is 2.12.